The first-order valence-corrected chi connectivity index (χ1v) is 9.64. The number of aliphatic carboxylic acids is 1. The van der Waals surface area contributed by atoms with Crippen LogP contribution in [0.3, 0.4) is 0 Å². The van der Waals surface area contributed by atoms with Crippen molar-refractivity contribution in [3.05, 3.63) is 28.8 Å². The lowest BCUT2D eigenvalue weighted by molar-refractivity contribution is -0.137. The van der Waals surface area contributed by atoms with Crippen molar-refractivity contribution >= 4 is 23.5 Å². The van der Waals surface area contributed by atoms with Crippen molar-refractivity contribution in [2.75, 3.05) is 5.75 Å². The van der Waals surface area contributed by atoms with E-state index in [1.54, 1.807) is 11.8 Å². The van der Waals surface area contributed by atoms with Crippen LogP contribution in [0.2, 0.25) is 0 Å². The summed E-state index contributed by atoms with van der Waals surface area (Å²) in [6.45, 7) is 2.21. The quantitative estimate of drug-likeness (QED) is 0.488. The van der Waals surface area contributed by atoms with Gasteiger partial charge in [0, 0.05) is 23.3 Å². The molecule has 0 radical (unpaired) electrons. The Morgan fingerprint density at radius 3 is 2.74 bits per heavy atom. The standard InChI is InChI=1S/C19H26O3S/c1-2-3-4-5-7-15-12-14-9-10-17(20)16(14)13-18(15)23-11-6-8-19(21)22/h12-13H,2-11H2,1H3,(H,21,22). The normalized spacial score (nSPS) is 13.3. The molecule has 0 fully saturated rings. The summed E-state index contributed by atoms with van der Waals surface area (Å²) in [6.07, 6.45) is 8.38. The molecule has 4 heteroatoms. The molecular formula is C19H26O3S. The fourth-order valence-corrected chi connectivity index (χ4v) is 4.06. The molecule has 0 saturated heterocycles. The van der Waals surface area contributed by atoms with Crippen LogP contribution in [-0.2, 0) is 17.6 Å². The van der Waals surface area contributed by atoms with Crippen molar-refractivity contribution in [1.29, 1.82) is 0 Å². The number of thioether (sulfide) groups is 1. The zero-order valence-corrected chi connectivity index (χ0v) is 14.7. The van der Waals surface area contributed by atoms with E-state index in [2.05, 4.69) is 19.1 Å². The lowest BCUT2D eigenvalue weighted by Gasteiger charge is -2.12. The smallest absolute Gasteiger partial charge is 0.303 e. The number of carbonyl (C=O) groups is 2. The topological polar surface area (TPSA) is 54.4 Å². The Balaban J connectivity index is 2.04. The first-order valence-electron chi connectivity index (χ1n) is 8.65. The minimum atomic E-state index is -0.741. The predicted octanol–water partition coefficient (Wildman–Crippen LogP) is 4.90. The maximum absolute atomic E-state index is 12.0. The van der Waals surface area contributed by atoms with Gasteiger partial charge in [-0.15, -0.1) is 11.8 Å². The molecule has 1 aliphatic carbocycles. The highest BCUT2D eigenvalue weighted by molar-refractivity contribution is 7.99. The van der Waals surface area contributed by atoms with Crippen molar-refractivity contribution in [2.45, 2.75) is 69.6 Å². The molecule has 0 heterocycles. The van der Waals surface area contributed by atoms with E-state index in [4.69, 9.17) is 5.11 Å². The number of carboxylic acid groups (broad SMARTS) is 1. The summed E-state index contributed by atoms with van der Waals surface area (Å²) in [5.74, 6) is 0.306. The van der Waals surface area contributed by atoms with E-state index in [0.717, 1.165) is 24.2 Å². The van der Waals surface area contributed by atoms with E-state index in [0.29, 0.717) is 12.8 Å². The average molecular weight is 334 g/mol. The van der Waals surface area contributed by atoms with Crippen LogP contribution < -0.4 is 0 Å². The second-order valence-electron chi connectivity index (χ2n) is 6.20. The van der Waals surface area contributed by atoms with Gasteiger partial charge in [-0.3, -0.25) is 9.59 Å². The van der Waals surface area contributed by atoms with Crippen LogP contribution in [0.15, 0.2) is 17.0 Å². The van der Waals surface area contributed by atoms with Gasteiger partial charge < -0.3 is 5.11 Å². The van der Waals surface area contributed by atoms with E-state index in [1.807, 2.05) is 0 Å². The fourth-order valence-electron chi connectivity index (χ4n) is 3.00. The molecule has 1 aromatic carbocycles. The molecule has 0 unspecified atom stereocenters. The second kappa shape index (κ2) is 9.11. The Labute approximate surface area is 142 Å². The number of carboxylic acids is 1. The van der Waals surface area contributed by atoms with Crippen molar-refractivity contribution < 1.29 is 14.7 Å². The summed E-state index contributed by atoms with van der Waals surface area (Å²) in [5, 5.41) is 8.74. The van der Waals surface area contributed by atoms with Gasteiger partial charge in [0.1, 0.15) is 0 Å². The molecule has 0 aliphatic heterocycles. The van der Waals surface area contributed by atoms with E-state index < -0.39 is 5.97 Å². The van der Waals surface area contributed by atoms with Crippen LogP contribution in [0, 0.1) is 0 Å². The summed E-state index contributed by atoms with van der Waals surface area (Å²) >= 11 is 1.71. The summed E-state index contributed by atoms with van der Waals surface area (Å²) in [6, 6.07) is 4.29. The van der Waals surface area contributed by atoms with Crippen LogP contribution in [0.5, 0.6) is 0 Å². The number of unbranched alkanes of at least 4 members (excludes halogenated alkanes) is 3. The molecule has 1 aromatic rings. The Bertz CT molecular complexity index is 566. The van der Waals surface area contributed by atoms with Gasteiger partial charge in [0.25, 0.3) is 0 Å². The fraction of sp³-hybridized carbons (Fsp3) is 0.579. The van der Waals surface area contributed by atoms with Crippen molar-refractivity contribution in [3.8, 4) is 0 Å². The van der Waals surface area contributed by atoms with Gasteiger partial charge in [-0.25, -0.2) is 0 Å². The third-order valence-corrected chi connectivity index (χ3v) is 5.48. The van der Waals surface area contributed by atoms with Gasteiger partial charge in [0.15, 0.2) is 5.78 Å². The molecule has 3 nitrogen and oxygen atoms in total. The van der Waals surface area contributed by atoms with Gasteiger partial charge in [-0.1, -0.05) is 32.3 Å². The van der Waals surface area contributed by atoms with Crippen molar-refractivity contribution in [2.24, 2.45) is 0 Å². The minimum absolute atomic E-state index is 0.211. The van der Waals surface area contributed by atoms with E-state index in [-0.39, 0.29) is 12.2 Å². The number of carbonyl (C=O) groups excluding carboxylic acids is 1. The first-order chi connectivity index (χ1) is 11.1. The Morgan fingerprint density at radius 2 is 2.00 bits per heavy atom. The lowest BCUT2D eigenvalue weighted by atomic mass is 10.0. The Morgan fingerprint density at radius 1 is 1.17 bits per heavy atom. The average Bonchev–Trinajstić information content (AvgIpc) is 2.88. The second-order valence-corrected chi connectivity index (χ2v) is 7.33. The Hall–Kier alpha value is -1.29. The number of hydrogen-bond donors (Lipinski definition) is 1. The number of aryl methyl sites for hydroxylation is 2. The van der Waals surface area contributed by atoms with E-state index in [9.17, 15) is 9.59 Å². The predicted molar refractivity (Wildman–Crippen MR) is 94.5 cm³/mol. The first kappa shape index (κ1) is 18.1. The zero-order chi connectivity index (χ0) is 16.7. The molecule has 0 spiro atoms. The van der Waals surface area contributed by atoms with Gasteiger partial charge in [-0.2, -0.15) is 0 Å². The van der Waals surface area contributed by atoms with E-state index >= 15 is 0 Å². The van der Waals surface area contributed by atoms with Crippen molar-refractivity contribution in [3.63, 3.8) is 0 Å². The Kier molecular flexibility index (Phi) is 7.15. The van der Waals surface area contributed by atoms with Gasteiger partial charge in [0.05, 0.1) is 0 Å². The highest BCUT2D eigenvalue weighted by Crippen LogP contribution is 2.32. The highest BCUT2D eigenvalue weighted by Gasteiger charge is 2.21. The third-order valence-electron chi connectivity index (χ3n) is 4.30. The van der Waals surface area contributed by atoms with Crippen LogP contribution in [0.25, 0.3) is 0 Å². The maximum Gasteiger partial charge on any atom is 0.303 e. The van der Waals surface area contributed by atoms with Gasteiger partial charge in [0.2, 0.25) is 0 Å². The molecule has 1 N–H and O–H groups in total. The SMILES string of the molecule is CCCCCCc1cc2c(cc1SCCCC(=O)O)C(=O)CC2. The minimum Gasteiger partial charge on any atom is -0.481 e. The van der Waals surface area contributed by atoms with Crippen LogP contribution in [0.1, 0.15) is 73.4 Å². The summed E-state index contributed by atoms with van der Waals surface area (Å²) in [4.78, 5) is 23.8. The van der Waals surface area contributed by atoms with Gasteiger partial charge in [-0.05, 0) is 48.6 Å². The number of fused-ring (bicyclic) bond motifs is 1. The largest absolute Gasteiger partial charge is 0.481 e. The number of benzene rings is 1. The molecule has 1 aliphatic rings. The van der Waals surface area contributed by atoms with E-state index in [1.165, 1.54) is 41.7 Å². The molecule has 0 aromatic heterocycles. The molecule has 126 valence electrons. The van der Waals surface area contributed by atoms with Crippen molar-refractivity contribution in [1.82, 2.24) is 0 Å². The number of hydrogen-bond acceptors (Lipinski definition) is 3. The number of Topliss-reactive ketones (excluding diaryl/α,β-unsaturated/α-hetero) is 1. The molecule has 0 atom stereocenters. The van der Waals surface area contributed by atoms with Gasteiger partial charge >= 0.3 is 5.97 Å². The summed E-state index contributed by atoms with van der Waals surface area (Å²) in [5.41, 5.74) is 3.44. The van der Waals surface area contributed by atoms with Crippen LogP contribution in [0.4, 0.5) is 0 Å². The molecule has 23 heavy (non-hydrogen) atoms. The molecule has 0 amide bonds. The monoisotopic (exact) mass is 334 g/mol. The summed E-state index contributed by atoms with van der Waals surface area (Å²) in [7, 11) is 0. The lowest BCUT2D eigenvalue weighted by Crippen LogP contribution is -1.98. The third kappa shape index (κ3) is 5.38. The molecule has 0 saturated carbocycles. The molecule has 0 bridgehead atoms. The van der Waals surface area contributed by atoms with Crippen LogP contribution in [-0.4, -0.2) is 22.6 Å². The number of rotatable bonds is 10. The van der Waals surface area contributed by atoms with Crippen LogP contribution >= 0.6 is 11.8 Å². The highest BCUT2D eigenvalue weighted by atomic mass is 32.2. The maximum atomic E-state index is 12.0. The number of ketones is 1. The molecular weight excluding hydrogens is 308 g/mol. The summed E-state index contributed by atoms with van der Waals surface area (Å²) < 4.78 is 0. The zero-order valence-electron chi connectivity index (χ0n) is 13.9. The molecule has 2 rings (SSSR count).